The van der Waals surface area contributed by atoms with Crippen molar-refractivity contribution in [2.45, 2.75) is 13.0 Å². The van der Waals surface area contributed by atoms with Crippen LogP contribution >= 0.6 is 0 Å². The highest BCUT2D eigenvalue weighted by Gasteiger charge is 2.14. The predicted octanol–water partition coefficient (Wildman–Crippen LogP) is 1.76. The van der Waals surface area contributed by atoms with E-state index in [0.717, 1.165) is 10.9 Å². The molecule has 1 amide bonds. The van der Waals surface area contributed by atoms with Crippen LogP contribution < -0.4 is 10.1 Å². The molecule has 0 bridgehead atoms. The number of benzene rings is 1. The summed E-state index contributed by atoms with van der Waals surface area (Å²) >= 11 is 0. The SMILES string of the molecule is COCCNC(=O)C(C)Oc1cnc2ccccc2c1. The number of fused-ring (bicyclic) bond motifs is 1. The van der Waals surface area contributed by atoms with E-state index in [1.165, 1.54) is 0 Å². The van der Waals surface area contributed by atoms with Crippen molar-refractivity contribution in [1.82, 2.24) is 10.3 Å². The van der Waals surface area contributed by atoms with Crippen LogP contribution in [0.3, 0.4) is 0 Å². The van der Waals surface area contributed by atoms with Crippen molar-refractivity contribution in [2.24, 2.45) is 0 Å². The van der Waals surface area contributed by atoms with Crippen LogP contribution in [0.25, 0.3) is 10.9 Å². The summed E-state index contributed by atoms with van der Waals surface area (Å²) in [4.78, 5) is 16.1. The van der Waals surface area contributed by atoms with Crippen molar-refractivity contribution in [1.29, 1.82) is 0 Å². The lowest BCUT2D eigenvalue weighted by atomic mass is 10.2. The normalized spacial score (nSPS) is 12.1. The quantitative estimate of drug-likeness (QED) is 0.815. The number of rotatable bonds is 6. The summed E-state index contributed by atoms with van der Waals surface area (Å²) < 4.78 is 10.5. The fourth-order valence-electron chi connectivity index (χ4n) is 1.79. The van der Waals surface area contributed by atoms with Gasteiger partial charge < -0.3 is 14.8 Å². The Bertz CT molecular complexity index is 586. The molecule has 1 aromatic carbocycles. The molecular formula is C15H18N2O3. The van der Waals surface area contributed by atoms with Gasteiger partial charge in [-0.1, -0.05) is 18.2 Å². The second-order valence-corrected chi connectivity index (χ2v) is 4.41. The summed E-state index contributed by atoms with van der Waals surface area (Å²) in [5, 5.41) is 3.71. The van der Waals surface area contributed by atoms with E-state index in [-0.39, 0.29) is 5.91 Å². The van der Waals surface area contributed by atoms with E-state index < -0.39 is 6.10 Å². The number of para-hydroxylation sites is 1. The first kappa shape index (κ1) is 14.3. The van der Waals surface area contributed by atoms with Gasteiger partial charge >= 0.3 is 0 Å². The summed E-state index contributed by atoms with van der Waals surface area (Å²) in [6, 6.07) is 9.64. The van der Waals surface area contributed by atoms with Crippen molar-refractivity contribution >= 4 is 16.8 Å². The minimum absolute atomic E-state index is 0.171. The molecule has 2 aromatic rings. The number of hydrogen-bond donors (Lipinski definition) is 1. The van der Waals surface area contributed by atoms with Crippen LogP contribution in [0.4, 0.5) is 0 Å². The number of carbonyl (C=O) groups is 1. The standard InChI is InChI=1S/C15H18N2O3/c1-11(15(18)16-7-8-19-2)20-13-9-12-5-3-4-6-14(12)17-10-13/h3-6,9-11H,7-8H2,1-2H3,(H,16,18). The van der Waals surface area contributed by atoms with Gasteiger partial charge in [0, 0.05) is 19.0 Å². The van der Waals surface area contributed by atoms with Crippen molar-refractivity contribution in [2.75, 3.05) is 20.3 Å². The molecule has 5 heteroatoms. The predicted molar refractivity (Wildman–Crippen MR) is 76.7 cm³/mol. The molecule has 1 atom stereocenters. The van der Waals surface area contributed by atoms with Crippen molar-refractivity contribution in [3.63, 3.8) is 0 Å². The summed E-state index contributed by atoms with van der Waals surface area (Å²) in [7, 11) is 1.59. The molecule has 2 rings (SSSR count). The van der Waals surface area contributed by atoms with E-state index in [0.29, 0.717) is 18.9 Å². The maximum Gasteiger partial charge on any atom is 0.260 e. The number of nitrogens with zero attached hydrogens (tertiary/aromatic N) is 1. The van der Waals surface area contributed by atoms with Gasteiger partial charge in [0.15, 0.2) is 6.10 Å². The summed E-state index contributed by atoms with van der Waals surface area (Å²) in [5.74, 6) is 0.410. The first-order chi connectivity index (χ1) is 9.70. The molecule has 0 fully saturated rings. The zero-order valence-corrected chi connectivity index (χ0v) is 11.6. The lowest BCUT2D eigenvalue weighted by Gasteiger charge is -2.14. The minimum Gasteiger partial charge on any atom is -0.479 e. The number of carbonyl (C=O) groups excluding carboxylic acids is 1. The van der Waals surface area contributed by atoms with Crippen LogP contribution in [0.15, 0.2) is 36.5 Å². The second kappa shape index (κ2) is 6.86. The summed E-state index contributed by atoms with van der Waals surface area (Å²) in [5.41, 5.74) is 0.900. The Hall–Kier alpha value is -2.14. The molecule has 0 aliphatic heterocycles. The highest BCUT2D eigenvalue weighted by atomic mass is 16.5. The Balaban J connectivity index is 1.98. The van der Waals surface area contributed by atoms with Gasteiger partial charge in [0.1, 0.15) is 5.75 Å². The van der Waals surface area contributed by atoms with E-state index >= 15 is 0 Å². The lowest BCUT2D eigenvalue weighted by Crippen LogP contribution is -2.37. The summed E-state index contributed by atoms with van der Waals surface area (Å²) in [6.07, 6.45) is 1.05. The average Bonchev–Trinajstić information content (AvgIpc) is 2.47. The molecule has 1 unspecified atom stereocenters. The second-order valence-electron chi connectivity index (χ2n) is 4.41. The van der Waals surface area contributed by atoms with Crippen LogP contribution in [0.5, 0.6) is 5.75 Å². The monoisotopic (exact) mass is 274 g/mol. The molecule has 106 valence electrons. The van der Waals surface area contributed by atoms with Crippen LogP contribution in [0, 0.1) is 0 Å². The number of ether oxygens (including phenoxy) is 2. The third-order valence-electron chi connectivity index (χ3n) is 2.85. The largest absolute Gasteiger partial charge is 0.479 e. The molecule has 1 aromatic heterocycles. The van der Waals surface area contributed by atoms with Crippen molar-refractivity contribution in [3.8, 4) is 5.75 Å². The Kier molecular flexibility index (Phi) is 4.90. The van der Waals surface area contributed by atoms with Crippen LogP contribution in [0.1, 0.15) is 6.92 Å². The van der Waals surface area contributed by atoms with Crippen LogP contribution in [-0.2, 0) is 9.53 Å². The molecule has 0 aliphatic carbocycles. The van der Waals surface area contributed by atoms with Gasteiger partial charge in [-0.15, -0.1) is 0 Å². The Labute approximate surface area is 117 Å². The van der Waals surface area contributed by atoms with Gasteiger partial charge in [0.2, 0.25) is 0 Å². The molecule has 1 N–H and O–H groups in total. The van der Waals surface area contributed by atoms with E-state index in [1.807, 2.05) is 30.3 Å². The fourth-order valence-corrected chi connectivity index (χ4v) is 1.79. The number of nitrogens with one attached hydrogen (secondary N) is 1. The molecule has 0 aliphatic rings. The number of aromatic nitrogens is 1. The third kappa shape index (κ3) is 3.68. The topological polar surface area (TPSA) is 60.5 Å². The first-order valence-electron chi connectivity index (χ1n) is 6.49. The Morgan fingerprint density at radius 1 is 1.40 bits per heavy atom. The number of amides is 1. The Morgan fingerprint density at radius 2 is 2.20 bits per heavy atom. The van der Waals surface area contributed by atoms with Gasteiger partial charge in [-0.2, -0.15) is 0 Å². The maximum atomic E-state index is 11.8. The number of pyridine rings is 1. The molecule has 0 saturated carbocycles. The lowest BCUT2D eigenvalue weighted by molar-refractivity contribution is -0.127. The molecule has 0 spiro atoms. The zero-order chi connectivity index (χ0) is 14.4. The van der Waals surface area contributed by atoms with E-state index in [9.17, 15) is 4.79 Å². The molecule has 5 nitrogen and oxygen atoms in total. The van der Waals surface area contributed by atoms with E-state index in [2.05, 4.69) is 10.3 Å². The van der Waals surface area contributed by atoms with Crippen LogP contribution in [0.2, 0.25) is 0 Å². The molecule has 0 radical (unpaired) electrons. The fraction of sp³-hybridized carbons (Fsp3) is 0.333. The van der Waals surface area contributed by atoms with E-state index in [4.69, 9.17) is 9.47 Å². The van der Waals surface area contributed by atoms with Gasteiger partial charge in [0.25, 0.3) is 5.91 Å². The molecule has 0 saturated heterocycles. The van der Waals surface area contributed by atoms with E-state index in [1.54, 1.807) is 20.2 Å². The molecular weight excluding hydrogens is 256 g/mol. The van der Waals surface area contributed by atoms with Gasteiger partial charge in [-0.05, 0) is 19.1 Å². The smallest absolute Gasteiger partial charge is 0.260 e. The summed E-state index contributed by atoms with van der Waals surface area (Å²) in [6.45, 7) is 2.66. The Morgan fingerprint density at radius 3 is 3.00 bits per heavy atom. The first-order valence-corrected chi connectivity index (χ1v) is 6.49. The van der Waals surface area contributed by atoms with Gasteiger partial charge in [-0.25, -0.2) is 0 Å². The highest BCUT2D eigenvalue weighted by Crippen LogP contribution is 2.18. The van der Waals surface area contributed by atoms with Crippen molar-refractivity contribution < 1.29 is 14.3 Å². The average molecular weight is 274 g/mol. The van der Waals surface area contributed by atoms with Gasteiger partial charge in [0.05, 0.1) is 18.3 Å². The van der Waals surface area contributed by atoms with Crippen molar-refractivity contribution in [3.05, 3.63) is 36.5 Å². The maximum absolute atomic E-state index is 11.8. The minimum atomic E-state index is -0.574. The third-order valence-corrected chi connectivity index (χ3v) is 2.85. The van der Waals surface area contributed by atoms with Gasteiger partial charge in [-0.3, -0.25) is 9.78 Å². The highest BCUT2D eigenvalue weighted by molar-refractivity contribution is 5.81. The van der Waals surface area contributed by atoms with Crippen LogP contribution in [-0.4, -0.2) is 37.3 Å². The zero-order valence-electron chi connectivity index (χ0n) is 11.6. The molecule has 20 heavy (non-hydrogen) atoms. The number of methoxy groups -OCH3 is 1. The molecule has 1 heterocycles. The number of hydrogen-bond acceptors (Lipinski definition) is 4.